The zero-order valence-corrected chi connectivity index (χ0v) is 17.6. The first-order chi connectivity index (χ1) is 13.0. The number of aromatic nitrogens is 2. The van der Waals surface area contributed by atoms with E-state index in [9.17, 15) is 9.59 Å². The van der Waals surface area contributed by atoms with Crippen LogP contribution in [0.5, 0.6) is 0 Å². The first-order valence-corrected chi connectivity index (χ1v) is 11.9. The van der Waals surface area contributed by atoms with Crippen LogP contribution in [0.1, 0.15) is 52.4 Å². The number of rotatable bonds is 5. The summed E-state index contributed by atoms with van der Waals surface area (Å²) >= 11 is 2.94. The van der Waals surface area contributed by atoms with Crippen LogP contribution in [-0.4, -0.2) is 20.6 Å². The molecule has 4 bridgehead atoms. The minimum absolute atomic E-state index is 0.0226. The van der Waals surface area contributed by atoms with Crippen molar-refractivity contribution in [2.24, 2.45) is 23.2 Å². The van der Waals surface area contributed by atoms with Gasteiger partial charge in [0.2, 0.25) is 0 Å². The lowest BCUT2D eigenvalue weighted by molar-refractivity contribution is -0.143. The van der Waals surface area contributed by atoms with Crippen LogP contribution in [0.3, 0.4) is 0 Å². The van der Waals surface area contributed by atoms with Gasteiger partial charge < -0.3 is 0 Å². The van der Waals surface area contributed by atoms with Crippen LogP contribution in [0, 0.1) is 23.2 Å². The predicted octanol–water partition coefficient (Wildman–Crippen LogP) is 4.74. The highest BCUT2D eigenvalue weighted by atomic mass is 32.2. The van der Waals surface area contributed by atoms with E-state index in [4.69, 9.17) is 4.98 Å². The normalized spacial score (nSPS) is 32.9. The van der Waals surface area contributed by atoms with Gasteiger partial charge >= 0.3 is 0 Å². The van der Waals surface area contributed by atoms with Crippen LogP contribution in [0.15, 0.2) is 21.4 Å². The minimum Gasteiger partial charge on any atom is -0.298 e. The van der Waals surface area contributed by atoms with Gasteiger partial charge in [-0.1, -0.05) is 11.8 Å². The Morgan fingerprint density at radius 3 is 2.52 bits per heavy atom. The molecule has 0 amide bonds. The lowest BCUT2D eigenvalue weighted by Crippen LogP contribution is -2.51. The molecule has 2 aromatic rings. The highest BCUT2D eigenvalue weighted by molar-refractivity contribution is 8.00. The Morgan fingerprint density at radius 1 is 1.30 bits per heavy atom. The molecule has 4 aliphatic rings. The molecule has 0 spiro atoms. The molecule has 0 aliphatic heterocycles. The third-order valence-electron chi connectivity index (χ3n) is 7.06. The Balaban J connectivity index is 1.44. The smallest absolute Gasteiger partial charge is 0.272 e. The predicted molar refractivity (Wildman–Crippen MR) is 110 cm³/mol. The summed E-state index contributed by atoms with van der Waals surface area (Å²) in [6.07, 6.45) is 7.33. The van der Waals surface area contributed by atoms with Crippen LogP contribution >= 0.6 is 23.1 Å². The summed E-state index contributed by atoms with van der Waals surface area (Å²) in [5.41, 5.74) is 0.687. The molecular formula is C21H26N2O2S2. The fraction of sp³-hybridized carbons (Fsp3) is 0.667. The Morgan fingerprint density at radius 2 is 1.93 bits per heavy atom. The lowest BCUT2D eigenvalue weighted by Gasteiger charge is -2.56. The third kappa shape index (κ3) is 2.82. The van der Waals surface area contributed by atoms with Crippen molar-refractivity contribution in [3.8, 4) is 0 Å². The molecule has 2 aromatic heterocycles. The first kappa shape index (κ1) is 17.9. The number of hydrogen-bond acceptors (Lipinski definition) is 5. The highest BCUT2D eigenvalue weighted by Crippen LogP contribution is 2.61. The number of ketones is 1. The summed E-state index contributed by atoms with van der Waals surface area (Å²) < 4.78 is 2.44. The van der Waals surface area contributed by atoms with E-state index in [0.717, 1.165) is 42.5 Å². The van der Waals surface area contributed by atoms with E-state index in [1.165, 1.54) is 42.4 Å². The average Bonchev–Trinajstić information content (AvgIpc) is 3.09. The number of hydrogen-bond donors (Lipinski definition) is 0. The molecule has 4 fully saturated rings. The third-order valence-corrected chi connectivity index (χ3v) is 9.04. The van der Waals surface area contributed by atoms with Gasteiger partial charge in [-0.3, -0.25) is 14.2 Å². The van der Waals surface area contributed by atoms with E-state index >= 15 is 0 Å². The molecular weight excluding hydrogens is 376 g/mol. The maximum absolute atomic E-state index is 13.6. The summed E-state index contributed by atoms with van der Waals surface area (Å²) in [6, 6.07) is 1.90. The van der Waals surface area contributed by atoms with Gasteiger partial charge in [-0.2, -0.15) is 0 Å². The molecule has 1 atom stereocenters. The monoisotopic (exact) mass is 402 g/mol. The molecule has 0 saturated heterocycles. The average molecular weight is 403 g/mol. The number of nitrogens with zero attached hydrogens (tertiary/aromatic N) is 2. The molecule has 0 N–H and O–H groups in total. The number of thiophene rings is 1. The van der Waals surface area contributed by atoms with Gasteiger partial charge in [0.1, 0.15) is 4.70 Å². The summed E-state index contributed by atoms with van der Waals surface area (Å²) in [6.45, 7) is 4.58. The quantitative estimate of drug-likeness (QED) is 0.535. The van der Waals surface area contributed by atoms with Crippen LogP contribution in [0.4, 0.5) is 0 Å². The van der Waals surface area contributed by atoms with Gasteiger partial charge in [-0.05, 0) is 81.6 Å². The number of Topliss-reactive ketones (excluding diaryl/α,β-unsaturated/α-hetero) is 1. The van der Waals surface area contributed by atoms with Crippen molar-refractivity contribution in [3.05, 3.63) is 21.8 Å². The van der Waals surface area contributed by atoms with Gasteiger partial charge in [-0.15, -0.1) is 11.3 Å². The Bertz CT molecular complexity index is 925. The summed E-state index contributed by atoms with van der Waals surface area (Å²) in [7, 11) is 0. The zero-order chi connectivity index (χ0) is 18.8. The van der Waals surface area contributed by atoms with Crippen molar-refractivity contribution in [2.75, 3.05) is 0 Å². The van der Waals surface area contributed by atoms with Gasteiger partial charge in [0.15, 0.2) is 10.9 Å². The first-order valence-electron chi connectivity index (χ1n) is 10.2. The lowest BCUT2D eigenvalue weighted by atomic mass is 9.48. The SMILES string of the molecule is CCn1c(SC(C)C(=O)C23CC4CC(CC(C4)C2)C3)nc2ccsc2c1=O. The molecule has 0 radical (unpaired) electrons. The maximum atomic E-state index is 13.6. The van der Waals surface area contributed by atoms with Gasteiger partial charge in [0, 0.05) is 12.0 Å². The van der Waals surface area contributed by atoms with Crippen molar-refractivity contribution in [3.63, 3.8) is 0 Å². The Hall–Kier alpha value is -1.14. The molecule has 4 nitrogen and oxygen atoms in total. The molecule has 6 heteroatoms. The fourth-order valence-electron chi connectivity index (χ4n) is 6.35. The molecule has 144 valence electrons. The minimum atomic E-state index is -0.151. The van der Waals surface area contributed by atoms with Crippen LogP contribution in [0.25, 0.3) is 10.2 Å². The van der Waals surface area contributed by atoms with Crippen LogP contribution in [-0.2, 0) is 11.3 Å². The molecule has 1 unspecified atom stereocenters. The van der Waals surface area contributed by atoms with Crippen molar-refractivity contribution in [1.29, 1.82) is 0 Å². The van der Waals surface area contributed by atoms with Crippen LogP contribution < -0.4 is 5.56 Å². The number of carbonyl (C=O) groups is 1. The van der Waals surface area contributed by atoms with Gasteiger partial charge in [0.25, 0.3) is 5.56 Å². The van der Waals surface area contributed by atoms with E-state index in [-0.39, 0.29) is 16.2 Å². The number of fused-ring (bicyclic) bond motifs is 1. The van der Waals surface area contributed by atoms with Crippen LogP contribution in [0.2, 0.25) is 0 Å². The molecule has 6 rings (SSSR count). The van der Waals surface area contributed by atoms with E-state index in [1.54, 1.807) is 4.57 Å². The topological polar surface area (TPSA) is 52.0 Å². The molecule has 0 aromatic carbocycles. The molecule has 2 heterocycles. The van der Waals surface area contributed by atoms with E-state index < -0.39 is 0 Å². The van der Waals surface area contributed by atoms with Gasteiger partial charge in [-0.25, -0.2) is 4.98 Å². The largest absolute Gasteiger partial charge is 0.298 e. The highest BCUT2D eigenvalue weighted by Gasteiger charge is 2.55. The second-order valence-corrected chi connectivity index (χ2v) is 11.1. The van der Waals surface area contributed by atoms with Crippen molar-refractivity contribution < 1.29 is 4.79 Å². The van der Waals surface area contributed by atoms with Crippen molar-refractivity contribution in [1.82, 2.24) is 9.55 Å². The standard InChI is InChI=1S/C21H26N2O2S2/c1-3-23-19(25)17-16(4-5-26-17)22-20(23)27-12(2)18(24)21-9-13-6-14(10-21)8-15(7-13)11-21/h4-5,12-15H,3,6-11H2,1-2H3. The summed E-state index contributed by atoms with van der Waals surface area (Å²) in [5, 5.41) is 2.46. The summed E-state index contributed by atoms with van der Waals surface area (Å²) in [5.74, 6) is 2.72. The van der Waals surface area contributed by atoms with E-state index in [2.05, 4.69) is 0 Å². The van der Waals surface area contributed by atoms with E-state index in [0.29, 0.717) is 22.2 Å². The second kappa shape index (κ2) is 6.45. The Kier molecular flexibility index (Phi) is 4.28. The summed E-state index contributed by atoms with van der Waals surface area (Å²) in [4.78, 5) is 31.0. The zero-order valence-electron chi connectivity index (χ0n) is 15.9. The number of thioether (sulfide) groups is 1. The fourth-order valence-corrected chi connectivity index (χ4v) is 8.29. The number of carbonyl (C=O) groups excluding carboxylic acids is 1. The molecule has 27 heavy (non-hydrogen) atoms. The molecule has 4 aliphatic carbocycles. The second-order valence-electron chi connectivity index (χ2n) is 8.90. The van der Waals surface area contributed by atoms with Crippen molar-refractivity contribution in [2.45, 2.75) is 69.3 Å². The molecule has 4 saturated carbocycles. The Labute approximate surface area is 167 Å². The van der Waals surface area contributed by atoms with E-state index in [1.807, 2.05) is 25.3 Å². The van der Waals surface area contributed by atoms with Gasteiger partial charge in [0.05, 0.1) is 10.8 Å². The maximum Gasteiger partial charge on any atom is 0.272 e. The van der Waals surface area contributed by atoms with Crippen molar-refractivity contribution >= 4 is 39.1 Å².